The average Bonchev–Trinajstić information content (AvgIpc) is 2.87. The van der Waals surface area contributed by atoms with Crippen molar-refractivity contribution in [2.24, 2.45) is 5.41 Å². The highest BCUT2D eigenvalue weighted by molar-refractivity contribution is 6.51. The van der Waals surface area contributed by atoms with E-state index < -0.39 is 4.33 Å². The lowest BCUT2D eigenvalue weighted by molar-refractivity contribution is 0.212. The van der Waals surface area contributed by atoms with Gasteiger partial charge in [-0.05, 0) is 36.8 Å². The minimum absolute atomic E-state index is 0.0682. The highest BCUT2D eigenvalue weighted by atomic mass is 35.5. The summed E-state index contributed by atoms with van der Waals surface area (Å²) < 4.78 is -0.657. The molecule has 2 saturated carbocycles. The Morgan fingerprint density at radius 3 is 2.78 bits per heavy atom. The predicted molar refractivity (Wildman–Crippen MR) is 75.0 cm³/mol. The topological polar surface area (TPSA) is 12.9 Å². The third-order valence-corrected chi connectivity index (χ3v) is 6.78. The molecule has 0 bridgehead atoms. The molecule has 2 fully saturated rings. The van der Waals surface area contributed by atoms with Crippen LogP contribution in [-0.4, -0.2) is 14.7 Å². The monoisotopic (exact) mass is 301 g/mol. The van der Waals surface area contributed by atoms with E-state index in [2.05, 4.69) is 19.9 Å². The average molecular weight is 303 g/mol. The van der Waals surface area contributed by atoms with E-state index in [0.717, 1.165) is 12.8 Å². The number of rotatable bonds is 1. The molecule has 0 N–H and O–H groups in total. The van der Waals surface area contributed by atoms with Crippen molar-refractivity contribution in [1.29, 1.82) is 0 Å². The first-order valence-corrected chi connectivity index (χ1v) is 7.66. The molecule has 3 aliphatic rings. The molecule has 0 amide bonds. The van der Waals surface area contributed by atoms with Crippen LogP contribution in [0.1, 0.15) is 47.7 Å². The van der Waals surface area contributed by atoms with E-state index in [0.29, 0.717) is 5.92 Å². The van der Waals surface area contributed by atoms with Gasteiger partial charge in [-0.3, -0.25) is 4.98 Å². The maximum atomic E-state index is 6.48. The fourth-order valence-electron chi connectivity index (χ4n) is 4.23. The highest BCUT2D eigenvalue weighted by Gasteiger charge is 2.87. The zero-order chi connectivity index (χ0) is 12.9. The molecular weight excluding hydrogens is 289 g/mol. The molecule has 1 heterocycles. The number of aromatic nitrogens is 1. The second-order valence-electron chi connectivity index (χ2n) is 5.85. The first kappa shape index (κ1) is 11.8. The van der Waals surface area contributed by atoms with Crippen molar-refractivity contribution >= 4 is 34.8 Å². The molecule has 4 rings (SSSR count). The summed E-state index contributed by atoms with van der Waals surface area (Å²) in [6, 6.07) is 2.28. The number of hydrogen-bond acceptors (Lipinski definition) is 1. The quantitative estimate of drug-likeness (QED) is 0.704. The zero-order valence-electron chi connectivity index (χ0n) is 10.3. The van der Waals surface area contributed by atoms with E-state index in [4.69, 9.17) is 39.8 Å². The summed E-state index contributed by atoms with van der Waals surface area (Å²) in [5.74, 6) is 0.695. The van der Waals surface area contributed by atoms with Gasteiger partial charge in [-0.2, -0.15) is 0 Å². The van der Waals surface area contributed by atoms with Crippen LogP contribution in [-0.2, 0) is 6.42 Å². The van der Waals surface area contributed by atoms with Gasteiger partial charge in [0.25, 0.3) is 0 Å². The van der Waals surface area contributed by atoms with Crippen molar-refractivity contribution in [3.63, 3.8) is 0 Å². The van der Waals surface area contributed by atoms with Crippen molar-refractivity contribution in [2.75, 3.05) is 0 Å². The number of alkyl halides is 3. The molecular formula is C14H14Cl3N. The molecule has 1 spiro atoms. The Morgan fingerprint density at radius 2 is 2.17 bits per heavy atom. The first-order valence-electron chi connectivity index (χ1n) is 6.47. The summed E-state index contributed by atoms with van der Waals surface area (Å²) in [4.78, 5) is 4.84. The number of pyridine rings is 1. The molecule has 4 atom stereocenters. The molecule has 0 aliphatic heterocycles. The maximum Gasteiger partial charge on any atom is 0.127 e. The third-order valence-electron chi connectivity index (χ3n) is 5.21. The molecule has 0 saturated heterocycles. The fraction of sp³-hybridized carbons (Fsp3) is 0.643. The lowest BCUT2D eigenvalue weighted by Crippen LogP contribution is -2.47. The Labute approximate surface area is 122 Å². The van der Waals surface area contributed by atoms with Gasteiger partial charge in [0.1, 0.15) is 4.33 Å². The van der Waals surface area contributed by atoms with Crippen LogP contribution < -0.4 is 0 Å². The van der Waals surface area contributed by atoms with Crippen molar-refractivity contribution in [3.05, 3.63) is 28.6 Å². The molecule has 3 aliphatic carbocycles. The highest BCUT2D eigenvalue weighted by Crippen LogP contribution is 2.88. The van der Waals surface area contributed by atoms with Crippen LogP contribution in [0.4, 0.5) is 0 Å². The van der Waals surface area contributed by atoms with Crippen LogP contribution in [0.2, 0.25) is 0 Å². The summed E-state index contributed by atoms with van der Waals surface area (Å²) in [6.07, 6.45) is 1.78. The normalized spacial score (nSPS) is 41.7. The summed E-state index contributed by atoms with van der Waals surface area (Å²) in [7, 11) is 0. The molecule has 18 heavy (non-hydrogen) atoms. The molecule has 1 unspecified atom stereocenters. The standard InChI is InChI=1S/C14H14Cl3N/c1-3-9-6(2)4-7-8-5-13(16,17)14(8)10(12(14)15)11(7)18-9/h4,8,10,12H,3,5H2,1-2H3/t8-,10+,12-,14?/m1/s1. The van der Waals surface area contributed by atoms with Gasteiger partial charge in [-0.15, -0.1) is 34.8 Å². The predicted octanol–water partition coefficient (Wildman–Crippen LogP) is 4.32. The summed E-state index contributed by atoms with van der Waals surface area (Å²) in [5, 5.41) is 0.0682. The molecule has 96 valence electrons. The van der Waals surface area contributed by atoms with Gasteiger partial charge in [0.15, 0.2) is 0 Å². The number of aryl methyl sites for hydroxylation is 2. The van der Waals surface area contributed by atoms with Crippen molar-refractivity contribution in [1.82, 2.24) is 4.98 Å². The SMILES string of the molecule is CCc1nc2c(cc1C)[C@H]1CC(Cl)(Cl)C13[C@H](Cl)[C@H]23. The van der Waals surface area contributed by atoms with Gasteiger partial charge < -0.3 is 0 Å². The molecule has 1 aromatic rings. The zero-order valence-corrected chi connectivity index (χ0v) is 12.6. The van der Waals surface area contributed by atoms with E-state index in [-0.39, 0.29) is 16.7 Å². The van der Waals surface area contributed by atoms with E-state index in [9.17, 15) is 0 Å². The van der Waals surface area contributed by atoms with Crippen molar-refractivity contribution in [2.45, 2.75) is 48.2 Å². The molecule has 0 aromatic carbocycles. The Bertz CT molecular complexity index is 568. The first-order chi connectivity index (χ1) is 8.45. The van der Waals surface area contributed by atoms with E-state index >= 15 is 0 Å². The van der Waals surface area contributed by atoms with Crippen LogP contribution in [0.5, 0.6) is 0 Å². The second-order valence-corrected chi connectivity index (χ2v) is 7.81. The van der Waals surface area contributed by atoms with E-state index in [1.807, 2.05) is 0 Å². The Hall–Kier alpha value is 0.0200. The smallest absolute Gasteiger partial charge is 0.127 e. The number of hydrogen-bond donors (Lipinski definition) is 0. The number of nitrogens with zero attached hydrogens (tertiary/aromatic N) is 1. The second kappa shape index (κ2) is 3.19. The van der Waals surface area contributed by atoms with Gasteiger partial charge in [-0.25, -0.2) is 0 Å². The maximum absolute atomic E-state index is 6.48. The minimum atomic E-state index is -0.657. The van der Waals surface area contributed by atoms with E-state index in [1.54, 1.807) is 0 Å². The lowest BCUT2D eigenvalue weighted by atomic mass is 9.68. The summed E-state index contributed by atoms with van der Waals surface area (Å²) in [5.41, 5.74) is 4.86. The number of fused-ring (bicyclic) bond motifs is 3. The van der Waals surface area contributed by atoms with Gasteiger partial charge in [0.2, 0.25) is 0 Å². The minimum Gasteiger partial charge on any atom is -0.257 e. The Morgan fingerprint density at radius 1 is 1.44 bits per heavy atom. The third kappa shape index (κ3) is 1.00. The Balaban J connectivity index is 1.89. The van der Waals surface area contributed by atoms with E-state index in [1.165, 1.54) is 22.5 Å². The van der Waals surface area contributed by atoms with Crippen LogP contribution >= 0.6 is 34.8 Å². The largest absolute Gasteiger partial charge is 0.257 e. The van der Waals surface area contributed by atoms with Crippen molar-refractivity contribution in [3.8, 4) is 0 Å². The summed E-state index contributed by atoms with van der Waals surface area (Å²) >= 11 is 19.4. The van der Waals surface area contributed by atoms with Crippen LogP contribution in [0.25, 0.3) is 0 Å². The van der Waals surface area contributed by atoms with Crippen LogP contribution in [0, 0.1) is 12.3 Å². The lowest BCUT2D eigenvalue weighted by Gasteiger charge is -2.47. The number of halogens is 3. The van der Waals surface area contributed by atoms with Crippen molar-refractivity contribution < 1.29 is 0 Å². The molecule has 0 radical (unpaired) electrons. The van der Waals surface area contributed by atoms with Crippen LogP contribution in [0.3, 0.4) is 0 Å². The Kier molecular flexibility index (Phi) is 2.09. The van der Waals surface area contributed by atoms with Gasteiger partial charge in [0, 0.05) is 22.7 Å². The van der Waals surface area contributed by atoms with Crippen LogP contribution in [0.15, 0.2) is 6.07 Å². The van der Waals surface area contributed by atoms with Gasteiger partial charge >= 0.3 is 0 Å². The molecule has 4 heteroatoms. The molecule has 1 aromatic heterocycles. The molecule has 1 nitrogen and oxygen atoms in total. The van der Waals surface area contributed by atoms with Gasteiger partial charge in [0.05, 0.1) is 5.38 Å². The summed E-state index contributed by atoms with van der Waals surface area (Å²) in [6.45, 7) is 4.27. The fourth-order valence-corrected chi connectivity index (χ4v) is 6.12. The van der Waals surface area contributed by atoms with Gasteiger partial charge in [-0.1, -0.05) is 13.0 Å².